The van der Waals surface area contributed by atoms with Crippen LogP contribution >= 0.6 is 0 Å². The number of rotatable bonds is 2. The number of aromatic nitrogens is 2. The molecule has 0 unspecified atom stereocenters. The third-order valence-electron chi connectivity index (χ3n) is 2.56. The van der Waals surface area contributed by atoms with Gasteiger partial charge in [-0.25, -0.2) is 14.8 Å². The van der Waals surface area contributed by atoms with E-state index < -0.39 is 23.4 Å². The molecule has 0 radical (unpaired) electrons. The van der Waals surface area contributed by atoms with Gasteiger partial charge < -0.3 is 5.11 Å². The lowest BCUT2D eigenvalue weighted by Crippen LogP contribution is -2.16. The Morgan fingerprint density at radius 1 is 1.30 bits per heavy atom. The van der Waals surface area contributed by atoms with Crippen molar-refractivity contribution in [2.45, 2.75) is 13.1 Å². The second-order valence-corrected chi connectivity index (χ2v) is 4.13. The molecular weight excluding hydrogens is 273 g/mol. The zero-order chi connectivity index (χ0) is 14.9. The summed E-state index contributed by atoms with van der Waals surface area (Å²) in [5.41, 5.74) is -1.18. The molecule has 0 saturated carbocycles. The summed E-state index contributed by atoms with van der Waals surface area (Å²) in [7, 11) is 0. The number of alkyl halides is 3. The van der Waals surface area contributed by atoms with Gasteiger partial charge >= 0.3 is 12.1 Å². The monoisotopic (exact) mass is 282 g/mol. The molecule has 1 heterocycles. The first-order valence-corrected chi connectivity index (χ1v) is 5.53. The van der Waals surface area contributed by atoms with Crippen LogP contribution in [0.2, 0.25) is 0 Å². The third-order valence-corrected chi connectivity index (χ3v) is 2.56. The molecule has 0 fully saturated rings. The molecule has 104 valence electrons. The van der Waals surface area contributed by atoms with Crippen molar-refractivity contribution in [2.24, 2.45) is 0 Å². The largest absolute Gasteiger partial charge is 0.478 e. The Balaban J connectivity index is 2.61. The average molecular weight is 282 g/mol. The van der Waals surface area contributed by atoms with Gasteiger partial charge in [0.15, 0.2) is 11.5 Å². The van der Waals surface area contributed by atoms with E-state index in [1.54, 1.807) is 31.2 Å². The smallest absolute Gasteiger partial charge is 0.434 e. The highest BCUT2D eigenvalue weighted by molar-refractivity contribution is 5.89. The number of halogens is 3. The Labute approximate surface area is 111 Å². The maximum absolute atomic E-state index is 12.8. The zero-order valence-electron chi connectivity index (χ0n) is 10.3. The second kappa shape index (κ2) is 4.92. The van der Waals surface area contributed by atoms with Crippen molar-refractivity contribution in [1.82, 2.24) is 9.97 Å². The zero-order valence-corrected chi connectivity index (χ0v) is 10.3. The fraction of sp³-hybridized carbons (Fsp3) is 0.154. The van der Waals surface area contributed by atoms with Gasteiger partial charge in [-0.2, -0.15) is 13.2 Å². The van der Waals surface area contributed by atoms with Gasteiger partial charge in [0, 0.05) is 11.8 Å². The van der Waals surface area contributed by atoms with E-state index in [1.807, 2.05) is 0 Å². The van der Waals surface area contributed by atoms with Crippen molar-refractivity contribution in [3.63, 3.8) is 0 Å². The van der Waals surface area contributed by atoms with Crippen molar-refractivity contribution in [1.29, 1.82) is 0 Å². The maximum Gasteiger partial charge on any atom is 0.434 e. The van der Waals surface area contributed by atoms with Crippen LogP contribution in [0.3, 0.4) is 0 Å². The van der Waals surface area contributed by atoms with Crippen LogP contribution in [-0.4, -0.2) is 21.0 Å². The predicted molar refractivity (Wildman–Crippen MR) is 64.2 cm³/mol. The summed E-state index contributed by atoms with van der Waals surface area (Å²) in [5.74, 6) is -1.88. The first kappa shape index (κ1) is 14.0. The molecular formula is C13H9F3N2O2. The molecule has 0 aliphatic heterocycles. The maximum atomic E-state index is 12.8. The second-order valence-electron chi connectivity index (χ2n) is 4.13. The highest BCUT2D eigenvalue weighted by atomic mass is 19.4. The van der Waals surface area contributed by atoms with E-state index in [1.165, 1.54) is 0 Å². The molecule has 2 rings (SSSR count). The summed E-state index contributed by atoms with van der Waals surface area (Å²) in [6.07, 6.45) is -4.18. The molecule has 2 aromatic rings. The van der Waals surface area contributed by atoms with Crippen molar-refractivity contribution < 1.29 is 23.1 Å². The minimum atomic E-state index is -4.85. The number of carboxylic acid groups (broad SMARTS) is 1. The molecule has 20 heavy (non-hydrogen) atoms. The van der Waals surface area contributed by atoms with E-state index in [9.17, 15) is 18.0 Å². The molecule has 4 nitrogen and oxygen atoms in total. The van der Waals surface area contributed by atoms with Gasteiger partial charge in [0.05, 0.1) is 0 Å². The van der Waals surface area contributed by atoms with E-state index in [0.29, 0.717) is 11.8 Å². The summed E-state index contributed by atoms with van der Waals surface area (Å²) in [6, 6.07) is 6.62. The third kappa shape index (κ3) is 2.76. The topological polar surface area (TPSA) is 63.1 Å². The van der Waals surface area contributed by atoms with Gasteiger partial charge in [0.1, 0.15) is 5.56 Å². The molecule has 0 amide bonds. The summed E-state index contributed by atoms with van der Waals surface area (Å²) in [6.45, 7) is 1.78. The normalized spacial score (nSPS) is 11.4. The number of hydrogen-bond donors (Lipinski definition) is 1. The molecule has 1 aromatic heterocycles. The summed E-state index contributed by atoms with van der Waals surface area (Å²) in [5, 5.41) is 8.75. The Kier molecular flexibility index (Phi) is 3.44. The summed E-state index contributed by atoms with van der Waals surface area (Å²) in [4.78, 5) is 17.8. The lowest BCUT2D eigenvalue weighted by molar-refractivity contribution is -0.141. The fourth-order valence-corrected chi connectivity index (χ4v) is 1.68. The minimum absolute atomic E-state index is 0.161. The number of benzene rings is 1. The Morgan fingerprint density at radius 3 is 2.55 bits per heavy atom. The molecule has 0 bridgehead atoms. The lowest BCUT2D eigenvalue weighted by Gasteiger charge is -2.10. The lowest BCUT2D eigenvalue weighted by atomic mass is 10.1. The summed E-state index contributed by atoms with van der Waals surface area (Å²) < 4.78 is 38.5. The standard InChI is InChI=1S/C13H9F3N2O2/c1-7-3-2-4-8(5-7)11-17-6-9(12(19)20)10(18-11)13(14,15)16/h2-6H,1H3,(H,19,20). The van der Waals surface area contributed by atoms with Gasteiger partial charge in [0.2, 0.25) is 0 Å². The highest BCUT2D eigenvalue weighted by Gasteiger charge is 2.38. The van der Waals surface area contributed by atoms with Crippen LogP contribution in [0.1, 0.15) is 21.6 Å². The Morgan fingerprint density at radius 2 is 2.00 bits per heavy atom. The van der Waals surface area contributed by atoms with Gasteiger partial charge in [-0.15, -0.1) is 0 Å². The molecule has 7 heteroatoms. The molecule has 0 atom stereocenters. The van der Waals surface area contributed by atoms with E-state index in [2.05, 4.69) is 9.97 Å². The minimum Gasteiger partial charge on any atom is -0.478 e. The number of aromatic carboxylic acids is 1. The highest BCUT2D eigenvalue weighted by Crippen LogP contribution is 2.31. The quantitative estimate of drug-likeness (QED) is 0.919. The molecule has 0 aliphatic rings. The first-order valence-electron chi connectivity index (χ1n) is 5.53. The van der Waals surface area contributed by atoms with Crippen LogP contribution in [0, 0.1) is 6.92 Å². The molecule has 1 N–H and O–H groups in total. The van der Waals surface area contributed by atoms with Crippen molar-refractivity contribution in [3.8, 4) is 11.4 Å². The van der Waals surface area contributed by atoms with Crippen LogP contribution in [0.25, 0.3) is 11.4 Å². The number of aryl methyl sites for hydroxylation is 1. The van der Waals surface area contributed by atoms with E-state index >= 15 is 0 Å². The summed E-state index contributed by atoms with van der Waals surface area (Å²) >= 11 is 0. The van der Waals surface area contributed by atoms with Crippen LogP contribution in [-0.2, 0) is 6.18 Å². The molecule has 0 saturated heterocycles. The van der Waals surface area contributed by atoms with Crippen LogP contribution < -0.4 is 0 Å². The van der Waals surface area contributed by atoms with Gasteiger partial charge in [-0.05, 0) is 13.0 Å². The SMILES string of the molecule is Cc1cccc(-c2ncc(C(=O)O)c(C(F)(F)F)n2)c1. The number of carboxylic acids is 1. The molecule has 1 aromatic carbocycles. The van der Waals surface area contributed by atoms with Crippen LogP contribution in [0.5, 0.6) is 0 Å². The van der Waals surface area contributed by atoms with E-state index in [0.717, 1.165) is 5.56 Å². The van der Waals surface area contributed by atoms with Crippen LogP contribution in [0.15, 0.2) is 30.5 Å². The fourth-order valence-electron chi connectivity index (χ4n) is 1.68. The number of nitrogens with zero attached hydrogens (tertiary/aromatic N) is 2. The first-order chi connectivity index (χ1) is 9.29. The van der Waals surface area contributed by atoms with Crippen LogP contribution in [0.4, 0.5) is 13.2 Å². The molecule has 0 aliphatic carbocycles. The molecule has 0 spiro atoms. The van der Waals surface area contributed by atoms with Gasteiger partial charge in [-0.1, -0.05) is 23.8 Å². The van der Waals surface area contributed by atoms with Gasteiger partial charge in [0.25, 0.3) is 0 Å². The Hall–Kier alpha value is -2.44. The van der Waals surface area contributed by atoms with Gasteiger partial charge in [-0.3, -0.25) is 0 Å². The number of carbonyl (C=O) groups is 1. The van der Waals surface area contributed by atoms with E-state index in [-0.39, 0.29) is 5.82 Å². The van der Waals surface area contributed by atoms with Crippen molar-refractivity contribution in [3.05, 3.63) is 47.3 Å². The van der Waals surface area contributed by atoms with E-state index in [4.69, 9.17) is 5.11 Å². The predicted octanol–water partition coefficient (Wildman–Crippen LogP) is 3.17. The Bertz CT molecular complexity index is 669. The van der Waals surface area contributed by atoms with Crippen molar-refractivity contribution >= 4 is 5.97 Å². The average Bonchev–Trinajstić information content (AvgIpc) is 2.37. The van der Waals surface area contributed by atoms with Crippen molar-refractivity contribution in [2.75, 3.05) is 0 Å². The number of hydrogen-bond acceptors (Lipinski definition) is 3.